The summed E-state index contributed by atoms with van der Waals surface area (Å²) in [5.41, 5.74) is 2.60. The van der Waals surface area contributed by atoms with Crippen LogP contribution in [0.25, 0.3) is 6.08 Å². The summed E-state index contributed by atoms with van der Waals surface area (Å²) in [6.45, 7) is 5.79. The molecule has 5 nitrogen and oxygen atoms in total. The Morgan fingerprint density at radius 1 is 1.21 bits per heavy atom. The van der Waals surface area contributed by atoms with Crippen LogP contribution in [0.2, 0.25) is 0 Å². The smallest absolute Gasteiger partial charge is 0.311 e. The van der Waals surface area contributed by atoms with Gasteiger partial charge in [0.2, 0.25) is 0 Å². The molecule has 6 heteroatoms. The molecule has 0 spiro atoms. The maximum atomic E-state index is 12.4. The molecule has 3 rings (SSSR count). The van der Waals surface area contributed by atoms with Crippen LogP contribution >= 0.6 is 11.6 Å². The van der Waals surface area contributed by atoms with Gasteiger partial charge in [-0.25, -0.2) is 0 Å². The van der Waals surface area contributed by atoms with Crippen LogP contribution in [0.5, 0.6) is 5.75 Å². The van der Waals surface area contributed by atoms with E-state index in [9.17, 15) is 9.90 Å². The fourth-order valence-electron chi connectivity index (χ4n) is 2.95. The average Bonchev–Trinajstić information content (AvgIpc) is 2.70. The second-order valence-corrected chi connectivity index (χ2v) is 8.27. The van der Waals surface area contributed by atoms with Crippen molar-refractivity contribution in [1.29, 1.82) is 0 Å². The average molecular weight is 416 g/mol. The number of hydrogen-bond donors (Lipinski definition) is 2. The minimum Gasteiger partial charge on any atom is -0.487 e. The summed E-state index contributed by atoms with van der Waals surface area (Å²) in [5, 5.41) is 13.1. The number of aliphatic hydroxyl groups is 1. The summed E-state index contributed by atoms with van der Waals surface area (Å²) < 4.78 is 11.7. The van der Waals surface area contributed by atoms with E-state index >= 15 is 0 Å². The van der Waals surface area contributed by atoms with Crippen LogP contribution in [0.3, 0.4) is 0 Å². The first-order chi connectivity index (χ1) is 13.8. The molecule has 1 heterocycles. The zero-order chi connectivity index (χ0) is 21.0. The first-order valence-corrected chi connectivity index (χ1v) is 10.1. The molecular weight excluding hydrogens is 390 g/mol. The highest BCUT2D eigenvalue weighted by atomic mass is 35.5. The Hall–Kier alpha value is -2.50. The van der Waals surface area contributed by atoms with Crippen molar-refractivity contribution in [2.45, 2.75) is 39.7 Å². The van der Waals surface area contributed by atoms with Crippen LogP contribution in [0.15, 0.2) is 48.5 Å². The van der Waals surface area contributed by atoms with Crippen LogP contribution in [0.4, 0.5) is 5.69 Å². The monoisotopic (exact) mass is 415 g/mol. The highest BCUT2D eigenvalue weighted by Gasteiger charge is 2.29. The number of carbonyl (C=O) groups excluding carboxylic acids is 1. The van der Waals surface area contributed by atoms with Gasteiger partial charge in [-0.2, -0.15) is 0 Å². The highest BCUT2D eigenvalue weighted by Crippen LogP contribution is 2.39. The number of carbonyl (C=O) groups is 1. The van der Waals surface area contributed by atoms with Crippen molar-refractivity contribution < 1.29 is 19.4 Å². The second-order valence-electron chi connectivity index (χ2n) is 7.96. The predicted molar refractivity (Wildman–Crippen MR) is 115 cm³/mol. The van der Waals surface area contributed by atoms with Crippen LogP contribution < -0.4 is 10.1 Å². The van der Waals surface area contributed by atoms with Gasteiger partial charge in [0.25, 0.3) is 0 Å². The topological polar surface area (TPSA) is 67.8 Å². The maximum Gasteiger partial charge on any atom is 0.311 e. The summed E-state index contributed by atoms with van der Waals surface area (Å²) in [6.07, 6.45) is 1.99. The Labute approximate surface area is 176 Å². The number of rotatable bonds is 6. The molecule has 2 unspecified atom stereocenters. The number of fused-ring (bicyclic) bond motifs is 1. The van der Waals surface area contributed by atoms with Gasteiger partial charge in [-0.3, -0.25) is 4.79 Å². The first kappa shape index (κ1) is 21.2. The number of alkyl halides is 1. The molecule has 2 atom stereocenters. The van der Waals surface area contributed by atoms with Crippen molar-refractivity contribution in [2.24, 2.45) is 5.41 Å². The Balaban J connectivity index is 1.91. The fraction of sp³-hybridized carbons (Fsp3) is 0.348. The van der Waals surface area contributed by atoms with Crippen LogP contribution in [-0.4, -0.2) is 23.2 Å². The standard InChI is InChI=1S/C23H26ClNO4/c1-23(2,3)22(27)29-19(13-24)16-9-11-18(21-17(16)10-12-20(26)25-21)28-14-15-7-5-4-6-8-15/h4-12,19-20,25-26H,13-14H2,1-3H3. The van der Waals surface area contributed by atoms with Gasteiger partial charge in [0, 0.05) is 11.1 Å². The van der Waals surface area contributed by atoms with Gasteiger partial charge in [0.15, 0.2) is 0 Å². The van der Waals surface area contributed by atoms with E-state index in [0.717, 1.165) is 16.7 Å². The Bertz CT molecular complexity index is 890. The van der Waals surface area contributed by atoms with E-state index in [-0.39, 0.29) is 11.8 Å². The molecule has 154 valence electrons. The molecular formula is C23H26ClNO4. The third-order valence-electron chi connectivity index (χ3n) is 4.56. The lowest BCUT2D eigenvalue weighted by Crippen LogP contribution is -2.26. The molecule has 0 saturated carbocycles. The Morgan fingerprint density at radius 2 is 1.93 bits per heavy atom. The zero-order valence-electron chi connectivity index (χ0n) is 16.8. The maximum absolute atomic E-state index is 12.4. The Morgan fingerprint density at radius 3 is 2.59 bits per heavy atom. The van der Waals surface area contributed by atoms with Gasteiger partial charge in [-0.05, 0) is 38.5 Å². The zero-order valence-corrected chi connectivity index (χ0v) is 17.6. The number of esters is 1. The lowest BCUT2D eigenvalue weighted by Gasteiger charge is -2.27. The largest absolute Gasteiger partial charge is 0.487 e. The van der Waals surface area contributed by atoms with Crippen LogP contribution in [0.1, 0.15) is 43.6 Å². The van der Waals surface area contributed by atoms with E-state index in [1.54, 1.807) is 39.0 Å². The van der Waals surface area contributed by atoms with Gasteiger partial charge in [0.1, 0.15) is 24.7 Å². The fourth-order valence-corrected chi connectivity index (χ4v) is 3.18. The molecule has 0 bridgehead atoms. The molecule has 0 fully saturated rings. The van der Waals surface area contributed by atoms with E-state index in [1.165, 1.54) is 0 Å². The molecule has 29 heavy (non-hydrogen) atoms. The quantitative estimate of drug-likeness (QED) is 0.519. The van der Waals surface area contributed by atoms with Gasteiger partial charge >= 0.3 is 5.97 Å². The normalized spacial score (nSPS) is 16.5. The molecule has 2 aromatic carbocycles. The van der Waals surface area contributed by atoms with E-state index in [0.29, 0.717) is 18.0 Å². The number of aliphatic hydroxyl groups excluding tert-OH is 1. The van der Waals surface area contributed by atoms with Crippen molar-refractivity contribution in [1.82, 2.24) is 0 Å². The summed E-state index contributed by atoms with van der Waals surface area (Å²) in [4.78, 5) is 12.4. The molecule has 0 radical (unpaired) electrons. The van der Waals surface area contributed by atoms with Crippen molar-refractivity contribution in [3.63, 3.8) is 0 Å². The molecule has 2 aromatic rings. The van der Waals surface area contributed by atoms with Gasteiger partial charge in [-0.1, -0.05) is 42.5 Å². The third kappa shape index (κ3) is 5.11. The SMILES string of the molecule is CC(C)(C)C(=O)OC(CCl)c1ccc(OCc2ccccc2)c2c1C=CC(O)N2. The summed E-state index contributed by atoms with van der Waals surface area (Å²) >= 11 is 6.15. The van der Waals surface area contributed by atoms with E-state index < -0.39 is 17.7 Å². The van der Waals surface area contributed by atoms with Crippen molar-refractivity contribution in [3.8, 4) is 5.75 Å². The number of benzene rings is 2. The number of nitrogens with one attached hydrogen (secondary N) is 1. The van der Waals surface area contributed by atoms with Gasteiger partial charge in [-0.15, -0.1) is 11.6 Å². The number of anilines is 1. The van der Waals surface area contributed by atoms with Gasteiger partial charge < -0.3 is 19.9 Å². The summed E-state index contributed by atoms with van der Waals surface area (Å²) in [5.74, 6) is 0.398. The Kier molecular flexibility index (Phi) is 6.50. The lowest BCUT2D eigenvalue weighted by atomic mass is 9.95. The lowest BCUT2D eigenvalue weighted by molar-refractivity contribution is -0.157. The molecule has 0 saturated heterocycles. The predicted octanol–water partition coefficient (Wildman–Crippen LogP) is 4.89. The number of hydrogen-bond acceptors (Lipinski definition) is 5. The van der Waals surface area contributed by atoms with Crippen LogP contribution in [0, 0.1) is 5.41 Å². The van der Waals surface area contributed by atoms with Crippen molar-refractivity contribution >= 4 is 29.3 Å². The minimum absolute atomic E-state index is 0.120. The van der Waals surface area contributed by atoms with Crippen molar-refractivity contribution in [2.75, 3.05) is 11.2 Å². The number of halogens is 1. The van der Waals surface area contributed by atoms with Crippen LogP contribution in [-0.2, 0) is 16.1 Å². The molecule has 1 aliphatic heterocycles. The van der Waals surface area contributed by atoms with Gasteiger partial charge in [0.05, 0.1) is 17.0 Å². The molecule has 0 aromatic heterocycles. The summed E-state index contributed by atoms with van der Waals surface area (Å²) in [7, 11) is 0. The molecule has 1 aliphatic rings. The third-order valence-corrected chi connectivity index (χ3v) is 4.84. The summed E-state index contributed by atoms with van der Waals surface area (Å²) in [6, 6.07) is 13.5. The van der Waals surface area contributed by atoms with E-state index in [4.69, 9.17) is 21.1 Å². The van der Waals surface area contributed by atoms with Crippen molar-refractivity contribution in [3.05, 3.63) is 65.2 Å². The molecule has 2 N–H and O–H groups in total. The second kappa shape index (κ2) is 8.89. The molecule has 0 amide bonds. The van der Waals surface area contributed by atoms with E-state index in [2.05, 4.69) is 5.32 Å². The minimum atomic E-state index is -0.830. The highest BCUT2D eigenvalue weighted by molar-refractivity contribution is 6.18. The first-order valence-electron chi connectivity index (χ1n) is 9.53. The molecule has 0 aliphatic carbocycles. The number of ether oxygens (including phenoxy) is 2. The van der Waals surface area contributed by atoms with E-state index in [1.807, 2.05) is 36.4 Å².